The third-order valence-corrected chi connectivity index (χ3v) is 0.813. The molecule has 0 spiro atoms. The Morgan fingerprint density at radius 1 is 1.60 bits per heavy atom. The number of aliphatic hydroxyl groups is 1. The molecule has 0 aliphatic heterocycles. The first-order valence-electron chi connectivity index (χ1n) is 2.41. The highest BCUT2D eigenvalue weighted by molar-refractivity contribution is 5.97. The lowest BCUT2D eigenvalue weighted by Gasteiger charge is -2.09. The number of amides is 2. The van der Waals surface area contributed by atoms with Crippen LogP contribution < -0.4 is 0 Å². The summed E-state index contributed by atoms with van der Waals surface area (Å²) in [7, 11) is 0. The van der Waals surface area contributed by atoms with Gasteiger partial charge in [-0.2, -0.15) is 0 Å². The second kappa shape index (κ2) is 3.62. The van der Waals surface area contributed by atoms with Crippen molar-refractivity contribution in [2.45, 2.75) is 0 Å². The normalized spacial score (nSPS) is 8.50. The molecule has 10 heavy (non-hydrogen) atoms. The fourth-order valence-corrected chi connectivity index (χ4v) is 0.335. The van der Waals surface area contributed by atoms with Gasteiger partial charge in [-0.25, -0.2) is 9.69 Å². The predicted octanol–water partition coefficient (Wildman–Crippen LogP) is -0.371. The van der Waals surface area contributed by atoms with E-state index >= 15 is 0 Å². The minimum atomic E-state index is -1.49. The van der Waals surface area contributed by atoms with Crippen molar-refractivity contribution >= 4 is 12.0 Å². The largest absolute Gasteiger partial charge is 0.465 e. The summed E-state index contributed by atoms with van der Waals surface area (Å²) in [6, 6.07) is 0. The molecule has 2 amide bonds. The average Bonchev–Trinajstić information content (AvgIpc) is 1.88. The zero-order valence-electron chi connectivity index (χ0n) is 5.15. The van der Waals surface area contributed by atoms with Gasteiger partial charge in [0.15, 0.2) is 0 Å². The van der Waals surface area contributed by atoms with E-state index in [4.69, 9.17) is 10.2 Å². The second-order valence-corrected chi connectivity index (χ2v) is 1.39. The molecule has 0 aromatic rings. The van der Waals surface area contributed by atoms with E-state index in [9.17, 15) is 9.59 Å². The molecule has 0 fully saturated rings. The van der Waals surface area contributed by atoms with Gasteiger partial charge in [-0.3, -0.25) is 4.79 Å². The highest BCUT2D eigenvalue weighted by atomic mass is 16.4. The Bertz CT molecular complexity index is 165. The topological polar surface area (TPSA) is 77.8 Å². The maximum atomic E-state index is 10.5. The van der Waals surface area contributed by atoms with Crippen LogP contribution in [0.15, 0.2) is 12.7 Å². The maximum absolute atomic E-state index is 10.5. The summed E-state index contributed by atoms with van der Waals surface area (Å²) in [5.74, 6) is -0.838. The van der Waals surface area contributed by atoms with Crippen LogP contribution in [0.1, 0.15) is 0 Å². The van der Waals surface area contributed by atoms with Crippen molar-refractivity contribution in [2.24, 2.45) is 0 Å². The van der Waals surface area contributed by atoms with E-state index in [1.807, 2.05) is 0 Å². The molecule has 56 valence electrons. The average molecular weight is 145 g/mol. The molecule has 0 saturated heterocycles. The molecule has 0 aromatic carbocycles. The van der Waals surface area contributed by atoms with Crippen LogP contribution in [0, 0.1) is 0 Å². The lowest BCUT2D eigenvalue weighted by atomic mass is 10.5. The number of rotatable bonds is 2. The van der Waals surface area contributed by atoms with Crippen molar-refractivity contribution in [1.29, 1.82) is 0 Å². The molecule has 5 nitrogen and oxygen atoms in total. The highest BCUT2D eigenvalue weighted by Gasteiger charge is 2.15. The van der Waals surface area contributed by atoms with E-state index < -0.39 is 18.7 Å². The zero-order chi connectivity index (χ0) is 8.15. The van der Waals surface area contributed by atoms with Crippen LogP contribution in [0.2, 0.25) is 0 Å². The molecule has 0 unspecified atom stereocenters. The molecule has 5 heteroatoms. The van der Waals surface area contributed by atoms with E-state index in [1.165, 1.54) is 0 Å². The molecule has 0 heterocycles. The Morgan fingerprint density at radius 2 is 2.10 bits per heavy atom. The van der Waals surface area contributed by atoms with E-state index in [-0.39, 0.29) is 4.90 Å². The summed E-state index contributed by atoms with van der Waals surface area (Å²) < 4.78 is 0. The number of imide groups is 1. The van der Waals surface area contributed by atoms with E-state index in [1.54, 1.807) is 0 Å². The van der Waals surface area contributed by atoms with Gasteiger partial charge in [-0.05, 0) is 6.08 Å². The molecular weight excluding hydrogens is 138 g/mol. The molecule has 0 rings (SSSR count). The fraction of sp³-hybridized carbons (Fsp3) is 0.200. The van der Waals surface area contributed by atoms with Gasteiger partial charge in [0.1, 0.15) is 6.73 Å². The van der Waals surface area contributed by atoms with Gasteiger partial charge in [0.2, 0.25) is 0 Å². The molecule has 0 radical (unpaired) electrons. The van der Waals surface area contributed by atoms with Crippen molar-refractivity contribution < 1.29 is 19.8 Å². The number of aliphatic hydroxyl groups excluding tert-OH is 1. The number of carbonyl (C=O) groups excluding carboxylic acids is 1. The van der Waals surface area contributed by atoms with E-state index in [0.29, 0.717) is 0 Å². The summed E-state index contributed by atoms with van der Waals surface area (Å²) in [6.07, 6.45) is -0.683. The molecule has 0 atom stereocenters. The molecule has 0 saturated carbocycles. The molecule has 0 aliphatic carbocycles. The first-order chi connectivity index (χ1) is 4.63. The van der Waals surface area contributed by atoms with Crippen LogP contribution in [0.5, 0.6) is 0 Å². The first kappa shape index (κ1) is 8.64. The van der Waals surface area contributed by atoms with Crippen molar-refractivity contribution in [3.05, 3.63) is 12.7 Å². The monoisotopic (exact) mass is 145 g/mol. The number of carboxylic acid groups (broad SMARTS) is 1. The maximum Gasteiger partial charge on any atom is 0.416 e. The number of hydrogen-bond acceptors (Lipinski definition) is 3. The van der Waals surface area contributed by atoms with Crippen LogP contribution in [0.3, 0.4) is 0 Å². The Kier molecular flexibility index (Phi) is 3.13. The second-order valence-electron chi connectivity index (χ2n) is 1.39. The van der Waals surface area contributed by atoms with Gasteiger partial charge in [0.25, 0.3) is 5.91 Å². The van der Waals surface area contributed by atoms with E-state index in [0.717, 1.165) is 6.08 Å². The lowest BCUT2D eigenvalue weighted by Crippen LogP contribution is -2.34. The van der Waals surface area contributed by atoms with Crippen LogP contribution in [-0.4, -0.2) is 33.8 Å². The van der Waals surface area contributed by atoms with Crippen LogP contribution >= 0.6 is 0 Å². The minimum Gasteiger partial charge on any atom is -0.465 e. The van der Waals surface area contributed by atoms with Gasteiger partial charge < -0.3 is 10.2 Å². The smallest absolute Gasteiger partial charge is 0.416 e. The number of nitrogens with zero attached hydrogens (tertiary/aromatic N) is 1. The van der Waals surface area contributed by atoms with Gasteiger partial charge in [-0.15, -0.1) is 0 Å². The van der Waals surface area contributed by atoms with Crippen LogP contribution in [-0.2, 0) is 4.79 Å². The first-order valence-corrected chi connectivity index (χ1v) is 2.41. The van der Waals surface area contributed by atoms with Gasteiger partial charge in [0, 0.05) is 0 Å². The minimum absolute atomic E-state index is 0.229. The van der Waals surface area contributed by atoms with E-state index in [2.05, 4.69) is 6.58 Å². The zero-order valence-corrected chi connectivity index (χ0v) is 5.15. The van der Waals surface area contributed by atoms with Gasteiger partial charge in [0.05, 0.1) is 0 Å². The standard InChI is InChI=1S/C5H7NO4/c1-2-4(8)6(3-7)5(9)10/h2,7H,1,3H2,(H,9,10). The van der Waals surface area contributed by atoms with Crippen molar-refractivity contribution in [2.75, 3.05) is 6.73 Å². The molecule has 0 aliphatic rings. The molecule has 0 bridgehead atoms. The molecular formula is C5H7NO4. The Labute approximate surface area is 57.2 Å². The Hall–Kier alpha value is -1.36. The van der Waals surface area contributed by atoms with Gasteiger partial charge in [-0.1, -0.05) is 6.58 Å². The Morgan fingerprint density at radius 3 is 2.20 bits per heavy atom. The van der Waals surface area contributed by atoms with Crippen LogP contribution in [0.25, 0.3) is 0 Å². The number of hydrogen-bond donors (Lipinski definition) is 2. The fourth-order valence-electron chi connectivity index (χ4n) is 0.335. The van der Waals surface area contributed by atoms with Gasteiger partial charge >= 0.3 is 6.09 Å². The third-order valence-electron chi connectivity index (χ3n) is 0.813. The van der Waals surface area contributed by atoms with Crippen molar-refractivity contribution in [3.8, 4) is 0 Å². The van der Waals surface area contributed by atoms with Crippen molar-refractivity contribution in [3.63, 3.8) is 0 Å². The Balaban J connectivity index is 4.20. The van der Waals surface area contributed by atoms with Crippen LogP contribution in [0.4, 0.5) is 4.79 Å². The summed E-state index contributed by atoms with van der Waals surface area (Å²) in [4.78, 5) is 20.7. The summed E-state index contributed by atoms with van der Waals surface area (Å²) >= 11 is 0. The summed E-state index contributed by atoms with van der Waals surface area (Å²) in [5, 5.41) is 16.4. The lowest BCUT2D eigenvalue weighted by molar-refractivity contribution is -0.126. The molecule has 0 aromatic heterocycles. The summed E-state index contributed by atoms with van der Waals surface area (Å²) in [6.45, 7) is 2.20. The SMILES string of the molecule is C=CC(=O)N(CO)C(=O)O. The number of carbonyl (C=O) groups is 2. The predicted molar refractivity (Wildman–Crippen MR) is 32.2 cm³/mol. The van der Waals surface area contributed by atoms with Crippen molar-refractivity contribution in [1.82, 2.24) is 4.90 Å². The molecule has 2 N–H and O–H groups in total. The highest BCUT2D eigenvalue weighted by Crippen LogP contribution is 1.88. The summed E-state index contributed by atoms with van der Waals surface area (Å²) in [5.41, 5.74) is 0. The third kappa shape index (κ3) is 1.87. The quantitative estimate of drug-likeness (QED) is 0.410.